The number of likely N-dealkylation sites (N-methyl/N-ethyl adjacent to an activating group) is 1. The summed E-state index contributed by atoms with van der Waals surface area (Å²) in [7, 11) is 3.43. The highest BCUT2D eigenvalue weighted by atomic mass is 16.5. The minimum atomic E-state index is 0.0707. The van der Waals surface area contributed by atoms with Gasteiger partial charge in [-0.25, -0.2) is 0 Å². The minimum Gasteiger partial charge on any atom is -0.380 e. The Hall–Kier alpha value is -0.570. The first-order valence-corrected chi connectivity index (χ1v) is 3.77. The number of amides is 1. The van der Waals surface area contributed by atoms with E-state index < -0.39 is 0 Å². The van der Waals surface area contributed by atoms with Crippen molar-refractivity contribution >= 4 is 5.91 Å². The molecule has 3 nitrogen and oxygen atoms in total. The average Bonchev–Trinajstić information content (AvgIpc) is 2.00. The number of hydrogen-bond donors (Lipinski definition) is 0. The van der Waals surface area contributed by atoms with Gasteiger partial charge in [0.1, 0.15) is 0 Å². The molecular formula is C8H17NO2. The van der Waals surface area contributed by atoms with Crippen molar-refractivity contribution in [2.75, 3.05) is 14.2 Å². The predicted molar refractivity (Wildman–Crippen MR) is 44.4 cm³/mol. The van der Waals surface area contributed by atoms with Crippen LogP contribution in [0.4, 0.5) is 0 Å². The SMILES string of the molecule is COC(C)C(C)N(C)C(C)=O. The van der Waals surface area contributed by atoms with Crippen molar-refractivity contribution in [1.29, 1.82) is 0 Å². The molecule has 0 aromatic rings. The van der Waals surface area contributed by atoms with E-state index in [0.717, 1.165) is 0 Å². The lowest BCUT2D eigenvalue weighted by molar-refractivity contribution is -0.131. The van der Waals surface area contributed by atoms with Crippen LogP contribution < -0.4 is 0 Å². The van der Waals surface area contributed by atoms with Crippen LogP contribution in [0.25, 0.3) is 0 Å². The number of carbonyl (C=O) groups excluding carboxylic acids is 1. The fourth-order valence-electron chi connectivity index (χ4n) is 0.799. The summed E-state index contributed by atoms with van der Waals surface area (Å²) in [4.78, 5) is 12.6. The van der Waals surface area contributed by atoms with Crippen LogP contribution in [0.2, 0.25) is 0 Å². The van der Waals surface area contributed by atoms with E-state index in [1.54, 1.807) is 26.0 Å². The third-order valence-corrected chi connectivity index (χ3v) is 2.16. The number of methoxy groups -OCH3 is 1. The first-order chi connectivity index (χ1) is 5.00. The highest BCUT2D eigenvalue weighted by Gasteiger charge is 2.17. The van der Waals surface area contributed by atoms with Gasteiger partial charge in [0.25, 0.3) is 0 Å². The maximum absolute atomic E-state index is 10.9. The second-order valence-electron chi connectivity index (χ2n) is 2.81. The van der Waals surface area contributed by atoms with Crippen molar-refractivity contribution < 1.29 is 9.53 Å². The largest absolute Gasteiger partial charge is 0.380 e. The molecule has 2 atom stereocenters. The van der Waals surface area contributed by atoms with Gasteiger partial charge < -0.3 is 9.64 Å². The fraction of sp³-hybridized carbons (Fsp3) is 0.875. The molecule has 11 heavy (non-hydrogen) atoms. The van der Waals surface area contributed by atoms with Gasteiger partial charge in [-0.3, -0.25) is 4.79 Å². The molecule has 1 amide bonds. The Morgan fingerprint density at radius 2 is 1.91 bits per heavy atom. The molecular weight excluding hydrogens is 142 g/mol. The molecule has 2 unspecified atom stereocenters. The molecule has 0 aliphatic heterocycles. The van der Waals surface area contributed by atoms with Crippen molar-refractivity contribution in [2.45, 2.75) is 32.9 Å². The first kappa shape index (κ1) is 10.4. The Morgan fingerprint density at radius 1 is 1.45 bits per heavy atom. The van der Waals surface area contributed by atoms with Crippen LogP contribution in [0.5, 0.6) is 0 Å². The molecule has 0 radical (unpaired) electrons. The molecule has 0 saturated carbocycles. The van der Waals surface area contributed by atoms with Crippen molar-refractivity contribution in [3.8, 4) is 0 Å². The molecule has 0 bridgehead atoms. The molecule has 0 fully saturated rings. The molecule has 0 saturated heterocycles. The lowest BCUT2D eigenvalue weighted by Gasteiger charge is -2.27. The van der Waals surface area contributed by atoms with Crippen LogP contribution in [-0.4, -0.2) is 37.1 Å². The van der Waals surface area contributed by atoms with Gasteiger partial charge in [0, 0.05) is 21.1 Å². The van der Waals surface area contributed by atoms with E-state index in [2.05, 4.69) is 0 Å². The summed E-state index contributed by atoms with van der Waals surface area (Å²) in [5, 5.41) is 0. The van der Waals surface area contributed by atoms with Crippen LogP contribution in [0.15, 0.2) is 0 Å². The Kier molecular flexibility index (Phi) is 4.11. The summed E-state index contributed by atoms with van der Waals surface area (Å²) < 4.78 is 5.09. The van der Waals surface area contributed by atoms with Gasteiger partial charge in [0.2, 0.25) is 5.91 Å². The third kappa shape index (κ3) is 2.89. The van der Waals surface area contributed by atoms with Crippen molar-refractivity contribution in [3.05, 3.63) is 0 Å². The lowest BCUT2D eigenvalue weighted by atomic mass is 10.2. The van der Waals surface area contributed by atoms with Gasteiger partial charge in [-0.1, -0.05) is 0 Å². The normalized spacial score (nSPS) is 15.7. The van der Waals surface area contributed by atoms with Crippen molar-refractivity contribution in [3.63, 3.8) is 0 Å². The van der Waals surface area contributed by atoms with E-state index in [1.807, 2.05) is 13.8 Å². The summed E-state index contributed by atoms with van der Waals surface area (Å²) in [5.41, 5.74) is 0. The van der Waals surface area contributed by atoms with Gasteiger partial charge >= 0.3 is 0 Å². The molecule has 66 valence electrons. The monoisotopic (exact) mass is 159 g/mol. The Bertz CT molecular complexity index is 136. The van der Waals surface area contributed by atoms with Crippen LogP contribution in [-0.2, 0) is 9.53 Å². The number of ether oxygens (including phenoxy) is 1. The highest BCUT2D eigenvalue weighted by Crippen LogP contribution is 2.04. The topological polar surface area (TPSA) is 29.5 Å². The number of hydrogen-bond acceptors (Lipinski definition) is 2. The van der Waals surface area contributed by atoms with Gasteiger partial charge in [0.15, 0.2) is 0 Å². The van der Waals surface area contributed by atoms with Crippen LogP contribution in [0, 0.1) is 0 Å². The quantitative estimate of drug-likeness (QED) is 0.612. The number of nitrogens with zero attached hydrogens (tertiary/aromatic N) is 1. The Labute approximate surface area is 68.3 Å². The van der Waals surface area contributed by atoms with Crippen LogP contribution >= 0.6 is 0 Å². The van der Waals surface area contributed by atoms with Crippen LogP contribution in [0.1, 0.15) is 20.8 Å². The smallest absolute Gasteiger partial charge is 0.219 e. The molecule has 0 aromatic heterocycles. The highest BCUT2D eigenvalue weighted by molar-refractivity contribution is 5.73. The summed E-state index contributed by atoms with van der Waals surface area (Å²) in [6, 6.07) is 0.137. The lowest BCUT2D eigenvalue weighted by Crippen LogP contribution is -2.41. The molecule has 0 heterocycles. The maximum Gasteiger partial charge on any atom is 0.219 e. The van der Waals surface area contributed by atoms with Crippen molar-refractivity contribution in [1.82, 2.24) is 4.90 Å². The summed E-state index contributed by atoms with van der Waals surface area (Å²) in [6.07, 6.45) is 0.0869. The zero-order chi connectivity index (χ0) is 9.02. The van der Waals surface area contributed by atoms with E-state index in [4.69, 9.17) is 4.74 Å². The molecule has 0 N–H and O–H groups in total. The van der Waals surface area contributed by atoms with Gasteiger partial charge in [-0.15, -0.1) is 0 Å². The van der Waals surface area contributed by atoms with Crippen molar-refractivity contribution in [2.24, 2.45) is 0 Å². The van der Waals surface area contributed by atoms with E-state index in [1.165, 1.54) is 0 Å². The Balaban J connectivity index is 4.00. The van der Waals surface area contributed by atoms with Gasteiger partial charge in [-0.2, -0.15) is 0 Å². The second kappa shape index (κ2) is 4.34. The molecule has 0 rings (SSSR count). The van der Waals surface area contributed by atoms with E-state index in [0.29, 0.717) is 0 Å². The number of rotatable bonds is 3. The van der Waals surface area contributed by atoms with E-state index >= 15 is 0 Å². The summed E-state index contributed by atoms with van der Waals surface area (Å²) in [5.74, 6) is 0.0707. The molecule has 0 aliphatic carbocycles. The molecule has 0 aliphatic rings. The van der Waals surface area contributed by atoms with E-state index in [9.17, 15) is 4.79 Å². The summed E-state index contributed by atoms with van der Waals surface area (Å²) in [6.45, 7) is 5.47. The Morgan fingerprint density at radius 3 is 2.18 bits per heavy atom. The summed E-state index contributed by atoms with van der Waals surface area (Å²) >= 11 is 0. The second-order valence-corrected chi connectivity index (χ2v) is 2.81. The fourth-order valence-corrected chi connectivity index (χ4v) is 0.799. The van der Waals surface area contributed by atoms with Gasteiger partial charge in [-0.05, 0) is 13.8 Å². The average molecular weight is 159 g/mol. The standard InChI is InChI=1S/C8H17NO2/c1-6(7(2)11-5)9(4)8(3)10/h6-7H,1-5H3. The molecule has 0 aromatic carbocycles. The third-order valence-electron chi connectivity index (χ3n) is 2.16. The predicted octanol–water partition coefficient (Wildman–Crippen LogP) is 0.888. The maximum atomic E-state index is 10.9. The molecule has 0 spiro atoms. The zero-order valence-corrected chi connectivity index (χ0v) is 7.92. The van der Waals surface area contributed by atoms with Crippen LogP contribution in [0.3, 0.4) is 0 Å². The van der Waals surface area contributed by atoms with Gasteiger partial charge in [0.05, 0.1) is 12.1 Å². The minimum absolute atomic E-state index is 0.0707. The molecule has 3 heteroatoms. The van der Waals surface area contributed by atoms with E-state index in [-0.39, 0.29) is 18.1 Å². The first-order valence-electron chi connectivity index (χ1n) is 3.77. The zero-order valence-electron chi connectivity index (χ0n) is 7.92. The number of carbonyl (C=O) groups is 1.